The van der Waals surface area contributed by atoms with Crippen LogP contribution in [0, 0.1) is 6.92 Å². The van der Waals surface area contributed by atoms with E-state index in [9.17, 15) is 8.42 Å². The molecule has 4 rings (SSSR count). The number of fused-ring (bicyclic) bond motifs is 1. The zero-order valence-corrected chi connectivity index (χ0v) is 16.4. The standard InChI is InChI=1S/C17H22N4O3S2/c1-13-18-15-5-11-24-10-4-14(15)17(19-13)20-6-8-21(9-7-20)26(22,23)16-3-2-12-25-16/h2-3,12H,4-11H2,1H3. The maximum atomic E-state index is 12.7. The van der Waals surface area contributed by atoms with E-state index in [2.05, 4.69) is 14.9 Å². The second kappa shape index (κ2) is 7.22. The Labute approximate surface area is 157 Å². The van der Waals surface area contributed by atoms with Crippen LogP contribution >= 0.6 is 11.3 Å². The van der Waals surface area contributed by atoms with Gasteiger partial charge in [-0.25, -0.2) is 18.4 Å². The first-order valence-electron chi connectivity index (χ1n) is 8.78. The van der Waals surface area contributed by atoms with Crippen molar-refractivity contribution in [3.05, 3.63) is 34.6 Å². The molecular formula is C17H22N4O3S2. The zero-order chi connectivity index (χ0) is 18.1. The van der Waals surface area contributed by atoms with E-state index in [0.717, 1.165) is 35.7 Å². The van der Waals surface area contributed by atoms with E-state index < -0.39 is 10.0 Å². The van der Waals surface area contributed by atoms with Gasteiger partial charge in [0.2, 0.25) is 0 Å². The molecule has 0 aliphatic carbocycles. The molecule has 4 heterocycles. The summed E-state index contributed by atoms with van der Waals surface area (Å²) in [5.41, 5.74) is 2.22. The number of hydrogen-bond acceptors (Lipinski definition) is 7. The second-order valence-corrected chi connectivity index (χ2v) is 9.57. The fourth-order valence-electron chi connectivity index (χ4n) is 3.48. The Kier molecular flexibility index (Phi) is 4.96. The number of ether oxygens (including phenoxy) is 1. The molecule has 0 atom stereocenters. The molecule has 2 aromatic rings. The topological polar surface area (TPSA) is 75.6 Å². The van der Waals surface area contributed by atoms with Gasteiger partial charge in [-0.3, -0.25) is 0 Å². The van der Waals surface area contributed by atoms with Crippen molar-refractivity contribution in [2.45, 2.75) is 24.0 Å². The quantitative estimate of drug-likeness (QED) is 0.785. The van der Waals surface area contributed by atoms with Gasteiger partial charge in [0.15, 0.2) is 0 Å². The molecule has 2 aromatic heterocycles. The zero-order valence-electron chi connectivity index (χ0n) is 14.7. The molecule has 0 bridgehead atoms. The number of piperazine rings is 1. The number of sulfonamides is 1. The van der Waals surface area contributed by atoms with Crippen molar-refractivity contribution in [2.24, 2.45) is 0 Å². The van der Waals surface area contributed by atoms with Gasteiger partial charge < -0.3 is 9.64 Å². The predicted octanol–water partition coefficient (Wildman–Crippen LogP) is 1.47. The lowest BCUT2D eigenvalue weighted by Crippen LogP contribution is -2.49. The number of rotatable bonds is 3. The molecule has 26 heavy (non-hydrogen) atoms. The molecule has 0 spiro atoms. The molecular weight excluding hydrogens is 372 g/mol. The Hall–Kier alpha value is -1.55. The van der Waals surface area contributed by atoms with Crippen LogP contribution in [-0.2, 0) is 27.6 Å². The fourth-order valence-corrected chi connectivity index (χ4v) is 6.05. The molecule has 7 nitrogen and oxygen atoms in total. The van der Waals surface area contributed by atoms with Crippen molar-refractivity contribution >= 4 is 27.2 Å². The van der Waals surface area contributed by atoms with E-state index >= 15 is 0 Å². The van der Waals surface area contributed by atoms with E-state index in [1.165, 1.54) is 11.3 Å². The molecule has 9 heteroatoms. The highest BCUT2D eigenvalue weighted by Gasteiger charge is 2.31. The van der Waals surface area contributed by atoms with Crippen molar-refractivity contribution < 1.29 is 13.2 Å². The summed E-state index contributed by atoms with van der Waals surface area (Å²) in [5, 5.41) is 1.80. The highest BCUT2D eigenvalue weighted by Crippen LogP contribution is 2.27. The van der Waals surface area contributed by atoms with Crippen molar-refractivity contribution in [2.75, 3.05) is 44.3 Å². The number of hydrogen-bond donors (Lipinski definition) is 0. The van der Waals surface area contributed by atoms with Crippen LogP contribution in [0.4, 0.5) is 5.82 Å². The van der Waals surface area contributed by atoms with Crippen LogP contribution in [0.5, 0.6) is 0 Å². The average molecular weight is 395 g/mol. The molecule has 0 amide bonds. The van der Waals surface area contributed by atoms with E-state index in [1.54, 1.807) is 21.8 Å². The van der Waals surface area contributed by atoms with Gasteiger partial charge in [0.05, 0.1) is 18.9 Å². The monoisotopic (exact) mass is 394 g/mol. The van der Waals surface area contributed by atoms with Gasteiger partial charge in [-0.05, 0) is 18.4 Å². The molecule has 140 valence electrons. The lowest BCUT2D eigenvalue weighted by molar-refractivity contribution is 0.146. The molecule has 2 aliphatic rings. The minimum Gasteiger partial charge on any atom is -0.381 e. The lowest BCUT2D eigenvalue weighted by Gasteiger charge is -2.35. The molecule has 1 saturated heterocycles. The third-order valence-corrected chi connectivity index (χ3v) is 8.06. The summed E-state index contributed by atoms with van der Waals surface area (Å²) in [5.74, 6) is 1.71. The van der Waals surface area contributed by atoms with Gasteiger partial charge >= 0.3 is 0 Å². The summed E-state index contributed by atoms with van der Waals surface area (Å²) in [4.78, 5) is 11.5. The number of aromatic nitrogens is 2. The Balaban J connectivity index is 1.55. The molecule has 0 saturated carbocycles. The van der Waals surface area contributed by atoms with Crippen LogP contribution in [-0.4, -0.2) is 62.1 Å². The molecule has 1 fully saturated rings. The Morgan fingerprint density at radius 1 is 1.12 bits per heavy atom. The van der Waals surface area contributed by atoms with Crippen LogP contribution in [0.25, 0.3) is 0 Å². The summed E-state index contributed by atoms with van der Waals surface area (Å²) in [6.45, 7) is 5.48. The minimum atomic E-state index is -3.38. The van der Waals surface area contributed by atoms with E-state index in [0.29, 0.717) is 43.6 Å². The van der Waals surface area contributed by atoms with E-state index in [-0.39, 0.29) is 0 Å². The van der Waals surface area contributed by atoms with Crippen molar-refractivity contribution in [1.82, 2.24) is 14.3 Å². The van der Waals surface area contributed by atoms with Gasteiger partial charge in [-0.2, -0.15) is 4.31 Å². The lowest BCUT2D eigenvalue weighted by atomic mass is 10.1. The highest BCUT2D eigenvalue weighted by atomic mass is 32.2. The van der Waals surface area contributed by atoms with Crippen LogP contribution in [0.15, 0.2) is 21.7 Å². The SMILES string of the molecule is Cc1nc2c(c(N3CCN(S(=O)(=O)c4cccs4)CC3)n1)CCOCC2. The smallest absolute Gasteiger partial charge is 0.252 e. The Morgan fingerprint density at radius 3 is 2.62 bits per heavy atom. The van der Waals surface area contributed by atoms with Crippen molar-refractivity contribution in [3.8, 4) is 0 Å². The highest BCUT2D eigenvalue weighted by molar-refractivity contribution is 7.91. The summed E-state index contributed by atoms with van der Waals surface area (Å²) in [6.07, 6.45) is 1.61. The van der Waals surface area contributed by atoms with Gasteiger partial charge in [0, 0.05) is 44.6 Å². The molecule has 0 unspecified atom stereocenters. The first-order valence-corrected chi connectivity index (χ1v) is 11.1. The normalized spacial score (nSPS) is 19.2. The molecule has 0 radical (unpaired) electrons. The summed E-state index contributed by atoms with van der Waals surface area (Å²) in [7, 11) is -3.38. The van der Waals surface area contributed by atoms with Crippen LogP contribution < -0.4 is 4.90 Å². The molecule has 0 aromatic carbocycles. The first-order chi connectivity index (χ1) is 12.6. The van der Waals surface area contributed by atoms with Gasteiger partial charge in [-0.15, -0.1) is 11.3 Å². The number of thiophene rings is 1. The van der Waals surface area contributed by atoms with Gasteiger partial charge in [-0.1, -0.05) is 6.07 Å². The molecule has 2 aliphatic heterocycles. The largest absolute Gasteiger partial charge is 0.381 e. The first kappa shape index (κ1) is 17.8. The number of aryl methyl sites for hydroxylation is 1. The Morgan fingerprint density at radius 2 is 1.88 bits per heavy atom. The third kappa shape index (κ3) is 3.36. The van der Waals surface area contributed by atoms with Gasteiger partial charge in [0.1, 0.15) is 15.9 Å². The Bertz CT molecular complexity index is 876. The van der Waals surface area contributed by atoms with E-state index in [1.807, 2.05) is 6.92 Å². The van der Waals surface area contributed by atoms with Gasteiger partial charge in [0.25, 0.3) is 10.0 Å². The maximum absolute atomic E-state index is 12.7. The van der Waals surface area contributed by atoms with Crippen LogP contribution in [0.1, 0.15) is 17.1 Å². The second-order valence-electron chi connectivity index (χ2n) is 6.46. The fraction of sp³-hybridized carbons (Fsp3) is 0.529. The summed E-state index contributed by atoms with van der Waals surface area (Å²) >= 11 is 1.27. The number of anilines is 1. The van der Waals surface area contributed by atoms with E-state index in [4.69, 9.17) is 4.74 Å². The van der Waals surface area contributed by atoms with Crippen molar-refractivity contribution in [3.63, 3.8) is 0 Å². The minimum absolute atomic E-state index is 0.412. The number of nitrogens with zero attached hydrogens (tertiary/aromatic N) is 4. The van der Waals surface area contributed by atoms with Crippen LogP contribution in [0.2, 0.25) is 0 Å². The average Bonchev–Trinajstić information content (AvgIpc) is 3.09. The van der Waals surface area contributed by atoms with Crippen molar-refractivity contribution in [1.29, 1.82) is 0 Å². The maximum Gasteiger partial charge on any atom is 0.252 e. The summed E-state index contributed by atoms with van der Waals surface area (Å²) in [6, 6.07) is 3.44. The molecule has 0 N–H and O–H groups in total. The third-order valence-electron chi connectivity index (χ3n) is 4.79. The van der Waals surface area contributed by atoms with Crippen LogP contribution in [0.3, 0.4) is 0 Å². The summed E-state index contributed by atoms with van der Waals surface area (Å²) < 4.78 is 33.0. The predicted molar refractivity (Wildman–Crippen MR) is 100 cm³/mol.